The number of rotatable bonds is 4. The number of amides is 1. The van der Waals surface area contributed by atoms with Crippen LogP contribution in [0.3, 0.4) is 0 Å². The maximum Gasteiger partial charge on any atom is 0.416 e. The summed E-state index contributed by atoms with van der Waals surface area (Å²) >= 11 is 0. The molecule has 2 aliphatic heterocycles. The van der Waals surface area contributed by atoms with Crippen LogP contribution in [0.2, 0.25) is 0 Å². The molecule has 38 heavy (non-hydrogen) atoms. The molecule has 3 aromatic rings. The summed E-state index contributed by atoms with van der Waals surface area (Å²) in [6.45, 7) is 7.61. The van der Waals surface area contributed by atoms with Crippen molar-refractivity contribution in [1.29, 1.82) is 0 Å². The average molecular weight is 528 g/mol. The molecule has 5 rings (SSSR count). The fourth-order valence-electron chi connectivity index (χ4n) is 5.25. The van der Waals surface area contributed by atoms with Crippen molar-refractivity contribution in [3.8, 4) is 0 Å². The monoisotopic (exact) mass is 527 g/mol. The summed E-state index contributed by atoms with van der Waals surface area (Å²) in [7, 11) is 0. The highest BCUT2D eigenvalue weighted by atomic mass is 19.4. The first-order valence-electron chi connectivity index (χ1n) is 13.0. The number of fused-ring (bicyclic) bond motifs is 1. The van der Waals surface area contributed by atoms with Crippen molar-refractivity contribution in [2.75, 3.05) is 31.1 Å². The Bertz CT molecular complexity index is 1260. The zero-order chi connectivity index (χ0) is 26.9. The van der Waals surface area contributed by atoms with E-state index in [2.05, 4.69) is 27.0 Å². The van der Waals surface area contributed by atoms with Crippen LogP contribution in [0, 0.1) is 0 Å². The van der Waals surface area contributed by atoms with Crippen LogP contribution in [0.15, 0.2) is 54.7 Å². The van der Waals surface area contributed by atoms with Gasteiger partial charge < -0.3 is 14.5 Å². The fourth-order valence-corrected chi connectivity index (χ4v) is 5.25. The van der Waals surface area contributed by atoms with Gasteiger partial charge in [-0.1, -0.05) is 30.3 Å². The highest BCUT2D eigenvalue weighted by Crippen LogP contribution is 2.31. The van der Waals surface area contributed by atoms with E-state index in [-0.39, 0.29) is 29.8 Å². The lowest BCUT2D eigenvalue weighted by Crippen LogP contribution is -2.59. The van der Waals surface area contributed by atoms with E-state index >= 15 is 0 Å². The molecule has 0 saturated carbocycles. The van der Waals surface area contributed by atoms with E-state index in [4.69, 9.17) is 4.74 Å². The summed E-state index contributed by atoms with van der Waals surface area (Å²) in [6, 6.07) is 13.6. The lowest BCUT2D eigenvalue weighted by atomic mass is 10.1. The molecule has 202 valence electrons. The number of alkyl halides is 3. The van der Waals surface area contributed by atoms with Gasteiger partial charge in [-0.2, -0.15) is 13.2 Å². The molecule has 0 N–H and O–H groups in total. The fraction of sp³-hybridized carbons (Fsp3) is 0.464. The zero-order valence-electron chi connectivity index (χ0n) is 21.6. The highest BCUT2D eigenvalue weighted by molar-refractivity contribution is 5.77. The van der Waals surface area contributed by atoms with E-state index in [0.29, 0.717) is 24.4 Å². The molecule has 0 bridgehead atoms. The SMILES string of the molecule is C[C@@H]1CN(c2cnc3cc(C(F)(F)F)ccc3n2)[C@@H](C)CN1C(=O)OC1CCN(Cc2ccccc2)CC1. The second-order valence-corrected chi connectivity index (χ2v) is 10.3. The van der Waals surface area contributed by atoms with Crippen molar-refractivity contribution in [3.05, 3.63) is 65.9 Å². The number of carbonyl (C=O) groups excluding carboxylic acids is 1. The number of aromatic nitrogens is 2. The second kappa shape index (κ2) is 10.8. The number of nitrogens with zero attached hydrogens (tertiary/aromatic N) is 5. The third-order valence-corrected chi connectivity index (χ3v) is 7.42. The molecule has 10 heteroatoms. The van der Waals surface area contributed by atoms with Gasteiger partial charge in [0.15, 0.2) is 0 Å². The summed E-state index contributed by atoms with van der Waals surface area (Å²) in [4.78, 5) is 28.1. The number of halogens is 3. The third kappa shape index (κ3) is 5.85. The van der Waals surface area contributed by atoms with Gasteiger partial charge in [-0.3, -0.25) is 9.88 Å². The summed E-state index contributed by atoms with van der Waals surface area (Å²) in [6.07, 6.45) is -1.69. The van der Waals surface area contributed by atoms with Crippen LogP contribution < -0.4 is 4.90 Å². The lowest BCUT2D eigenvalue weighted by molar-refractivity contribution is -0.137. The van der Waals surface area contributed by atoms with Gasteiger partial charge in [-0.15, -0.1) is 0 Å². The van der Waals surface area contributed by atoms with Crippen LogP contribution in [-0.4, -0.2) is 70.2 Å². The van der Waals surface area contributed by atoms with Crippen LogP contribution in [-0.2, 0) is 17.5 Å². The summed E-state index contributed by atoms with van der Waals surface area (Å²) in [5.74, 6) is 0.579. The Morgan fingerprint density at radius 2 is 1.74 bits per heavy atom. The molecule has 0 aliphatic carbocycles. The molecule has 1 aromatic heterocycles. The number of hydrogen-bond acceptors (Lipinski definition) is 6. The van der Waals surface area contributed by atoms with E-state index in [1.54, 1.807) is 4.90 Å². The molecule has 7 nitrogen and oxygen atoms in total. The minimum atomic E-state index is -4.43. The summed E-state index contributed by atoms with van der Waals surface area (Å²) in [5.41, 5.74) is 1.13. The van der Waals surface area contributed by atoms with Gasteiger partial charge >= 0.3 is 12.3 Å². The van der Waals surface area contributed by atoms with Gasteiger partial charge in [0.25, 0.3) is 0 Å². The van der Waals surface area contributed by atoms with E-state index < -0.39 is 11.7 Å². The minimum Gasteiger partial charge on any atom is -0.446 e. The van der Waals surface area contributed by atoms with Gasteiger partial charge in [-0.25, -0.2) is 9.78 Å². The van der Waals surface area contributed by atoms with Crippen molar-refractivity contribution in [2.24, 2.45) is 0 Å². The Kier molecular flexibility index (Phi) is 7.43. The normalized spacial score (nSPS) is 21.6. The predicted molar refractivity (Wildman–Crippen MR) is 139 cm³/mol. The van der Waals surface area contributed by atoms with Gasteiger partial charge in [0.05, 0.1) is 22.8 Å². The third-order valence-electron chi connectivity index (χ3n) is 7.42. The predicted octanol–water partition coefficient (Wildman–Crippen LogP) is 5.35. The quantitative estimate of drug-likeness (QED) is 0.456. The van der Waals surface area contributed by atoms with Crippen molar-refractivity contribution in [3.63, 3.8) is 0 Å². The number of piperidine rings is 1. The Hall–Kier alpha value is -3.40. The maximum absolute atomic E-state index is 13.1. The van der Waals surface area contributed by atoms with Crippen molar-refractivity contribution in [2.45, 2.75) is 57.6 Å². The molecule has 0 spiro atoms. The van der Waals surface area contributed by atoms with Crippen LogP contribution in [0.4, 0.5) is 23.8 Å². The molecule has 0 unspecified atom stereocenters. The molecule has 2 fully saturated rings. The molecule has 1 amide bonds. The summed E-state index contributed by atoms with van der Waals surface area (Å²) in [5, 5.41) is 0. The van der Waals surface area contributed by atoms with Gasteiger partial charge in [0.1, 0.15) is 11.9 Å². The Balaban J connectivity index is 1.17. The molecule has 2 aliphatic rings. The highest BCUT2D eigenvalue weighted by Gasteiger charge is 2.35. The maximum atomic E-state index is 13.1. The first-order valence-corrected chi connectivity index (χ1v) is 13.0. The van der Waals surface area contributed by atoms with Gasteiger partial charge in [0.2, 0.25) is 0 Å². The number of piperazine rings is 1. The number of hydrogen-bond donors (Lipinski definition) is 0. The Morgan fingerprint density at radius 1 is 1.00 bits per heavy atom. The molecule has 0 radical (unpaired) electrons. The zero-order valence-corrected chi connectivity index (χ0v) is 21.6. The van der Waals surface area contributed by atoms with E-state index in [9.17, 15) is 18.0 Å². The van der Waals surface area contributed by atoms with E-state index in [0.717, 1.165) is 44.6 Å². The van der Waals surface area contributed by atoms with Crippen LogP contribution in [0.25, 0.3) is 11.0 Å². The number of anilines is 1. The number of ether oxygens (including phenoxy) is 1. The number of carbonyl (C=O) groups is 1. The van der Waals surface area contributed by atoms with Crippen LogP contribution >= 0.6 is 0 Å². The second-order valence-electron chi connectivity index (χ2n) is 10.3. The smallest absolute Gasteiger partial charge is 0.416 e. The molecular weight excluding hydrogens is 495 g/mol. The Morgan fingerprint density at radius 3 is 2.45 bits per heavy atom. The average Bonchev–Trinajstić information content (AvgIpc) is 2.90. The largest absolute Gasteiger partial charge is 0.446 e. The standard InChI is InChI=1S/C28H32F3N5O2/c1-19-17-36(27(37)38-23-10-12-34(13-11-23)18-21-6-4-3-5-7-21)20(2)16-35(19)26-15-32-25-14-22(28(29,30)31)8-9-24(25)33-26/h3-9,14-15,19-20,23H,10-13,16-18H2,1-2H3/t19-,20+/m0/s1. The van der Waals surface area contributed by atoms with Gasteiger partial charge in [-0.05, 0) is 50.5 Å². The van der Waals surface area contributed by atoms with Crippen molar-refractivity contribution >= 4 is 22.9 Å². The molecule has 2 saturated heterocycles. The van der Waals surface area contributed by atoms with Crippen LogP contribution in [0.5, 0.6) is 0 Å². The first kappa shape index (κ1) is 26.2. The molecule has 2 aromatic carbocycles. The lowest BCUT2D eigenvalue weighted by Gasteiger charge is -2.44. The van der Waals surface area contributed by atoms with Crippen molar-refractivity contribution in [1.82, 2.24) is 19.8 Å². The van der Waals surface area contributed by atoms with Gasteiger partial charge in [0, 0.05) is 44.8 Å². The van der Waals surface area contributed by atoms with E-state index in [1.807, 2.05) is 36.9 Å². The molecular formula is C28H32F3N5O2. The molecule has 2 atom stereocenters. The Labute approximate surface area is 220 Å². The molecule has 3 heterocycles. The number of likely N-dealkylation sites (tertiary alicyclic amines) is 1. The minimum absolute atomic E-state index is 0.0623. The van der Waals surface area contributed by atoms with Crippen LogP contribution in [0.1, 0.15) is 37.8 Å². The van der Waals surface area contributed by atoms with Crippen molar-refractivity contribution < 1.29 is 22.7 Å². The van der Waals surface area contributed by atoms with E-state index in [1.165, 1.54) is 17.8 Å². The topological polar surface area (TPSA) is 61.8 Å². The number of benzene rings is 2. The summed E-state index contributed by atoms with van der Waals surface area (Å²) < 4.78 is 45.0. The first-order chi connectivity index (χ1) is 18.2.